The maximum absolute atomic E-state index is 13.4. The Bertz CT molecular complexity index is 1810. The first-order chi connectivity index (χ1) is 16.6. The van der Waals surface area contributed by atoms with Gasteiger partial charge in [0, 0.05) is 11.1 Å². The maximum atomic E-state index is 13.4. The number of carbonyl (C=O) groups excluding carboxylic acids is 1. The first kappa shape index (κ1) is 19.9. The van der Waals surface area contributed by atoms with Gasteiger partial charge in [-0.05, 0) is 58.8 Å². The molecule has 0 aliphatic heterocycles. The van der Waals surface area contributed by atoms with Crippen LogP contribution in [-0.2, 0) is 0 Å². The van der Waals surface area contributed by atoms with Crippen LogP contribution >= 0.6 is 0 Å². The summed E-state index contributed by atoms with van der Waals surface area (Å²) in [7, 11) is 0. The van der Waals surface area contributed by atoms with Gasteiger partial charge in [0.05, 0.1) is 16.3 Å². The number of rotatable bonds is 3. The van der Waals surface area contributed by atoms with E-state index in [1.807, 2.05) is 48.5 Å². The summed E-state index contributed by atoms with van der Waals surface area (Å²) in [5.41, 5.74) is 2.66. The minimum atomic E-state index is -0.366. The molecule has 34 heavy (non-hydrogen) atoms. The summed E-state index contributed by atoms with van der Waals surface area (Å²) in [6.45, 7) is 0. The van der Waals surface area contributed by atoms with Gasteiger partial charge >= 0.3 is 0 Å². The van der Waals surface area contributed by atoms with Gasteiger partial charge in [0.25, 0.3) is 0 Å². The zero-order valence-electron chi connectivity index (χ0n) is 18.0. The number of phenols is 1. The van der Waals surface area contributed by atoms with E-state index in [0.717, 1.165) is 16.3 Å². The number of benzene rings is 5. The fourth-order valence-corrected chi connectivity index (χ4v) is 4.43. The molecule has 0 aliphatic carbocycles. The molecule has 0 aliphatic rings. The molecular weight excluding hydrogens is 424 g/mol. The van der Waals surface area contributed by atoms with Gasteiger partial charge < -0.3 is 9.52 Å². The van der Waals surface area contributed by atoms with Crippen LogP contribution in [0.15, 0.2) is 112 Å². The Hall–Kier alpha value is -4.70. The zero-order valence-corrected chi connectivity index (χ0v) is 18.0. The molecule has 162 valence electrons. The van der Waals surface area contributed by atoms with Crippen LogP contribution in [-0.4, -0.2) is 10.9 Å². The van der Waals surface area contributed by atoms with Gasteiger partial charge in [-0.1, -0.05) is 60.7 Å². The molecule has 0 fully saturated rings. The average molecular weight is 442 g/mol. The van der Waals surface area contributed by atoms with Crippen LogP contribution in [0.25, 0.3) is 43.8 Å². The molecule has 0 saturated heterocycles. The fourth-order valence-electron chi connectivity index (χ4n) is 4.43. The lowest BCUT2D eigenvalue weighted by Crippen LogP contribution is -2.07. The molecule has 0 atom stereocenters. The van der Waals surface area contributed by atoms with Crippen molar-refractivity contribution in [2.45, 2.75) is 0 Å². The molecule has 0 saturated carbocycles. The van der Waals surface area contributed by atoms with Gasteiger partial charge in [0.1, 0.15) is 16.9 Å². The Labute approximate surface area is 194 Å². The predicted molar refractivity (Wildman–Crippen MR) is 134 cm³/mol. The number of aromatic hydroxyl groups is 1. The number of phenolic OH excluding ortho intramolecular Hbond substituents is 1. The quantitative estimate of drug-likeness (QED) is 0.245. The van der Waals surface area contributed by atoms with Crippen molar-refractivity contribution in [1.82, 2.24) is 0 Å². The van der Waals surface area contributed by atoms with E-state index in [0.29, 0.717) is 33.1 Å². The molecule has 6 rings (SSSR count). The summed E-state index contributed by atoms with van der Waals surface area (Å²) in [6.07, 6.45) is 0. The Morgan fingerprint density at radius 1 is 0.706 bits per heavy atom. The second kappa shape index (κ2) is 7.71. The van der Waals surface area contributed by atoms with Crippen LogP contribution < -0.4 is 5.43 Å². The molecule has 0 spiro atoms. The molecule has 0 unspecified atom stereocenters. The Morgan fingerprint density at radius 3 is 2.29 bits per heavy atom. The Balaban J connectivity index is 1.69. The average Bonchev–Trinajstić information content (AvgIpc) is 2.88. The third-order valence-electron chi connectivity index (χ3n) is 6.15. The molecule has 0 bridgehead atoms. The highest BCUT2D eigenvalue weighted by Crippen LogP contribution is 2.34. The van der Waals surface area contributed by atoms with Crippen LogP contribution in [0.4, 0.5) is 0 Å². The number of carbonyl (C=O) groups is 1. The van der Waals surface area contributed by atoms with Gasteiger partial charge in [0.2, 0.25) is 5.43 Å². The smallest absolute Gasteiger partial charge is 0.200 e. The third kappa shape index (κ3) is 3.16. The number of hydrogen-bond donors (Lipinski definition) is 1. The van der Waals surface area contributed by atoms with Gasteiger partial charge in [-0.2, -0.15) is 0 Å². The SMILES string of the molecule is O=C(c1cc(-c2ccc3ccccc3c2)c2oc3ccccc3c(=O)c2c1)c1ccccc1O. The van der Waals surface area contributed by atoms with Crippen LogP contribution in [0.2, 0.25) is 0 Å². The van der Waals surface area contributed by atoms with Gasteiger partial charge in [-0.15, -0.1) is 0 Å². The predicted octanol–water partition coefficient (Wildman–Crippen LogP) is 6.70. The molecule has 4 nitrogen and oxygen atoms in total. The summed E-state index contributed by atoms with van der Waals surface area (Å²) in [5, 5.41) is 13.2. The molecule has 4 heteroatoms. The van der Waals surface area contributed by atoms with E-state index in [2.05, 4.69) is 0 Å². The normalized spacial score (nSPS) is 11.3. The van der Waals surface area contributed by atoms with Gasteiger partial charge in [-0.3, -0.25) is 9.59 Å². The molecule has 1 aromatic heterocycles. The molecule has 0 amide bonds. The Morgan fingerprint density at radius 2 is 1.44 bits per heavy atom. The fraction of sp³-hybridized carbons (Fsp3) is 0. The third-order valence-corrected chi connectivity index (χ3v) is 6.15. The number of ketones is 1. The van der Waals surface area contributed by atoms with Crippen molar-refractivity contribution in [3.63, 3.8) is 0 Å². The molecule has 1 N–H and O–H groups in total. The van der Waals surface area contributed by atoms with Crippen molar-refractivity contribution in [3.8, 4) is 16.9 Å². The highest BCUT2D eigenvalue weighted by Gasteiger charge is 2.20. The van der Waals surface area contributed by atoms with Crippen LogP contribution in [0.3, 0.4) is 0 Å². The van der Waals surface area contributed by atoms with E-state index in [9.17, 15) is 14.7 Å². The van der Waals surface area contributed by atoms with Crippen molar-refractivity contribution >= 4 is 38.5 Å². The summed E-state index contributed by atoms with van der Waals surface area (Å²) in [6, 6.07) is 30.8. The molecular formula is C30H18O4. The molecule has 5 aromatic carbocycles. The second-order valence-electron chi connectivity index (χ2n) is 8.24. The van der Waals surface area contributed by atoms with Crippen molar-refractivity contribution in [3.05, 3.63) is 124 Å². The second-order valence-corrected chi connectivity index (χ2v) is 8.24. The zero-order chi connectivity index (χ0) is 23.2. The van der Waals surface area contributed by atoms with Gasteiger partial charge in [0.15, 0.2) is 5.78 Å². The first-order valence-electron chi connectivity index (χ1n) is 10.9. The van der Waals surface area contributed by atoms with E-state index in [-0.39, 0.29) is 22.5 Å². The van der Waals surface area contributed by atoms with Gasteiger partial charge in [-0.25, -0.2) is 0 Å². The molecule has 6 aromatic rings. The summed E-state index contributed by atoms with van der Waals surface area (Å²) in [5.74, 6) is -0.472. The standard InChI is InChI=1S/C30H18O4/c31-26-11-5-3-9-22(26)28(32)21-16-24(20-14-13-18-7-1-2-8-19(18)15-20)30-25(17-21)29(33)23-10-4-6-12-27(23)34-30/h1-17,31H. The van der Waals surface area contributed by atoms with E-state index < -0.39 is 0 Å². The molecule has 0 radical (unpaired) electrons. The summed E-state index contributed by atoms with van der Waals surface area (Å²) < 4.78 is 6.23. The lowest BCUT2D eigenvalue weighted by molar-refractivity contribution is 0.103. The highest BCUT2D eigenvalue weighted by molar-refractivity contribution is 6.14. The van der Waals surface area contributed by atoms with Crippen molar-refractivity contribution < 1.29 is 14.3 Å². The van der Waals surface area contributed by atoms with E-state index in [1.54, 1.807) is 48.5 Å². The van der Waals surface area contributed by atoms with Crippen molar-refractivity contribution in [1.29, 1.82) is 0 Å². The topological polar surface area (TPSA) is 67.5 Å². The number of fused-ring (bicyclic) bond motifs is 3. The monoisotopic (exact) mass is 442 g/mol. The van der Waals surface area contributed by atoms with Crippen LogP contribution in [0.5, 0.6) is 5.75 Å². The van der Waals surface area contributed by atoms with E-state index >= 15 is 0 Å². The summed E-state index contributed by atoms with van der Waals surface area (Å²) in [4.78, 5) is 26.8. The molecule has 1 heterocycles. The lowest BCUT2D eigenvalue weighted by atomic mass is 9.93. The van der Waals surface area contributed by atoms with E-state index in [4.69, 9.17) is 4.42 Å². The van der Waals surface area contributed by atoms with Crippen molar-refractivity contribution in [2.24, 2.45) is 0 Å². The van der Waals surface area contributed by atoms with Crippen LogP contribution in [0.1, 0.15) is 15.9 Å². The minimum absolute atomic E-state index is 0.106. The highest BCUT2D eigenvalue weighted by atomic mass is 16.3. The minimum Gasteiger partial charge on any atom is -0.507 e. The largest absolute Gasteiger partial charge is 0.507 e. The Kier molecular flexibility index (Phi) is 4.52. The lowest BCUT2D eigenvalue weighted by Gasteiger charge is -2.12. The summed E-state index contributed by atoms with van der Waals surface area (Å²) >= 11 is 0. The maximum Gasteiger partial charge on any atom is 0.200 e. The number of para-hydroxylation sites is 2. The van der Waals surface area contributed by atoms with E-state index in [1.165, 1.54) is 6.07 Å². The van der Waals surface area contributed by atoms with Crippen LogP contribution in [0, 0.1) is 0 Å². The number of hydrogen-bond acceptors (Lipinski definition) is 4. The first-order valence-corrected chi connectivity index (χ1v) is 10.9. The van der Waals surface area contributed by atoms with Crippen molar-refractivity contribution in [2.75, 3.05) is 0 Å².